The summed E-state index contributed by atoms with van der Waals surface area (Å²) in [5.74, 6) is -1.01. The number of imide groups is 1. The Hall–Kier alpha value is -2.95. The van der Waals surface area contributed by atoms with Gasteiger partial charge in [0.25, 0.3) is 11.8 Å². The number of rotatable bonds is 5. The SMILES string of the molecule is Cc1cccc(C)c1NC(=O)C(CC(C)C)N1C(=O)c2ccccc2C1=O. The number of amides is 3. The molecular weight excluding hydrogens is 340 g/mol. The van der Waals surface area contributed by atoms with Crippen LogP contribution in [0.3, 0.4) is 0 Å². The predicted octanol–water partition coefficient (Wildman–Crippen LogP) is 3.95. The van der Waals surface area contributed by atoms with Gasteiger partial charge in [0.05, 0.1) is 11.1 Å². The molecule has 0 saturated carbocycles. The summed E-state index contributed by atoms with van der Waals surface area (Å²) in [6.07, 6.45) is 0.405. The van der Waals surface area contributed by atoms with Gasteiger partial charge >= 0.3 is 0 Å². The van der Waals surface area contributed by atoms with E-state index in [-0.39, 0.29) is 11.8 Å². The molecule has 3 rings (SSSR count). The number of anilines is 1. The second-order valence-corrected chi connectivity index (χ2v) is 7.43. The van der Waals surface area contributed by atoms with Crippen LogP contribution in [-0.2, 0) is 4.79 Å². The zero-order valence-corrected chi connectivity index (χ0v) is 16.1. The maximum absolute atomic E-state index is 13.1. The van der Waals surface area contributed by atoms with E-state index < -0.39 is 17.9 Å². The van der Waals surface area contributed by atoms with Crippen LogP contribution in [0, 0.1) is 19.8 Å². The van der Waals surface area contributed by atoms with Gasteiger partial charge in [-0.1, -0.05) is 44.2 Å². The number of nitrogens with zero attached hydrogens (tertiary/aromatic N) is 1. The van der Waals surface area contributed by atoms with Crippen molar-refractivity contribution in [3.8, 4) is 0 Å². The molecule has 0 aliphatic carbocycles. The second kappa shape index (κ2) is 7.35. The maximum atomic E-state index is 13.1. The first-order chi connectivity index (χ1) is 12.8. The van der Waals surface area contributed by atoms with E-state index in [0.29, 0.717) is 17.5 Å². The summed E-state index contributed by atoms with van der Waals surface area (Å²) >= 11 is 0. The van der Waals surface area contributed by atoms with Crippen molar-refractivity contribution in [1.29, 1.82) is 0 Å². The summed E-state index contributed by atoms with van der Waals surface area (Å²) in [5.41, 5.74) is 3.32. The Morgan fingerprint density at radius 3 is 1.93 bits per heavy atom. The van der Waals surface area contributed by atoms with Crippen molar-refractivity contribution in [2.45, 2.75) is 40.2 Å². The smallest absolute Gasteiger partial charge is 0.262 e. The number of hydrogen-bond donors (Lipinski definition) is 1. The Kier molecular flexibility index (Phi) is 5.13. The molecule has 1 aliphatic rings. The summed E-state index contributed by atoms with van der Waals surface area (Å²) < 4.78 is 0. The molecule has 27 heavy (non-hydrogen) atoms. The molecule has 2 aromatic carbocycles. The van der Waals surface area contributed by atoms with Gasteiger partial charge in [-0.2, -0.15) is 0 Å². The van der Waals surface area contributed by atoms with Crippen molar-refractivity contribution in [2.75, 3.05) is 5.32 Å². The fraction of sp³-hybridized carbons (Fsp3) is 0.318. The van der Waals surface area contributed by atoms with Crippen molar-refractivity contribution in [1.82, 2.24) is 4.90 Å². The summed E-state index contributed by atoms with van der Waals surface area (Å²) in [4.78, 5) is 39.9. The Labute approximate surface area is 159 Å². The highest BCUT2D eigenvalue weighted by Gasteiger charge is 2.42. The molecule has 1 heterocycles. The van der Waals surface area contributed by atoms with Crippen LogP contribution in [0.25, 0.3) is 0 Å². The highest BCUT2D eigenvalue weighted by atomic mass is 16.2. The van der Waals surface area contributed by atoms with Gasteiger partial charge in [0, 0.05) is 5.69 Å². The largest absolute Gasteiger partial charge is 0.324 e. The van der Waals surface area contributed by atoms with Crippen LogP contribution in [0.2, 0.25) is 0 Å². The highest BCUT2D eigenvalue weighted by Crippen LogP contribution is 2.28. The average Bonchev–Trinajstić information content (AvgIpc) is 2.87. The van der Waals surface area contributed by atoms with Crippen LogP contribution in [0.4, 0.5) is 5.69 Å². The molecule has 1 unspecified atom stereocenters. The van der Waals surface area contributed by atoms with E-state index in [4.69, 9.17) is 0 Å². The van der Waals surface area contributed by atoms with E-state index in [0.717, 1.165) is 21.7 Å². The predicted molar refractivity (Wildman–Crippen MR) is 105 cm³/mol. The highest BCUT2D eigenvalue weighted by molar-refractivity contribution is 6.23. The standard InChI is InChI=1S/C22H24N2O3/c1-13(2)12-18(20(25)23-19-14(3)8-7-9-15(19)4)24-21(26)16-10-5-6-11-17(16)22(24)27/h5-11,13,18H,12H2,1-4H3,(H,23,25). The lowest BCUT2D eigenvalue weighted by Gasteiger charge is -2.27. The molecule has 1 atom stereocenters. The minimum atomic E-state index is -0.851. The van der Waals surface area contributed by atoms with Crippen molar-refractivity contribution < 1.29 is 14.4 Å². The van der Waals surface area contributed by atoms with Crippen molar-refractivity contribution >= 4 is 23.4 Å². The van der Waals surface area contributed by atoms with Gasteiger partial charge in [-0.25, -0.2) is 0 Å². The molecule has 0 saturated heterocycles. The lowest BCUT2D eigenvalue weighted by Crippen LogP contribution is -2.48. The zero-order chi connectivity index (χ0) is 19.7. The first-order valence-electron chi connectivity index (χ1n) is 9.15. The zero-order valence-electron chi connectivity index (χ0n) is 16.1. The fourth-order valence-corrected chi connectivity index (χ4v) is 3.49. The molecular formula is C22H24N2O3. The van der Waals surface area contributed by atoms with Gasteiger partial charge in [0.15, 0.2) is 0 Å². The molecule has 3 amide bonds. The van der Waals surface area contributed by atoms with Crippen molar-refractivity contribution in [2.24, 2.45) is 5.92 Å². The van der Waals surface area contributed by atoms with E-state index >= 15 is 0 Å². The minimum absolute atomic E-state index is 0.142. The Balaban J connectivity index is 1.94. The van der Waals surface area contributed by atoms with E-state index in [1.165, 1.54) is 0 Å². The number of benzene rings is 2. The third-order valence-electron chi connectivity index (χ3n) is 4.86. The number of nitrogens with one attached hydrogen (secondary N) is 1. The third-order valence-corrected chi connectivity index (χ3v) is 4.86. The Morgan fingerprint density at radius 1 is 0.926 bits per heavy atom. The molecule has 0 spiro atoms. The first-order valence-corrected chi connectivity index (χ1v) is 9.15. The van der Waals surface area contributed by atoms with Crippen LogP contribution in [0.15, 0.2) is 42.5 Å². The molecule has 0 radical (unpaired) electrons. The minimum Gasteiger partial charge on any atom is -0.324 e. The monoisotopic (exact) mass is 364 g/mol. The molecule has 5 heteroatoms. The molecule has 5 nitrogen and oxygen atoms in total. The topological polar surface area (TPSA) is 66.5 Å². The van der Waals surface area contributed by atoms with Crippen LogP contribution in [0.1, 0.15) is 52.1 Å². The summed E-state index contributed by atoms with van der Waals surface area (Å²) in [6.45, 7) is 7.78. The van der Waals surface area contributed by atoms with Gasteiger partial charge in [-0.3, -0.25) is 19.3 Å². The van der Waals surface area contributed by atoms with E-state index in [2.05, 4.69) is 5.32 Å². The Bertz CT molecular complexity index is 862. The van der Waals surface area contributed by atoms with Gasteiger partial charge in [0.2, 0.25) is 5.91 Å². The van der Waals surface area contributed by atoms with Gasteiger partial charge < -0.3 is 5.32 Å². The van der Waals surface area contributed by atoms with Crippen LogP contribution < -0.4 is 5.32 Å². The second-order valence-electron chi connectivity index (χ2n) is 7.43. The summed E-state index contributed by atoms with van der Waals surface area (Å²) in [5, 5.41) is 2.94. The quantitative estimate of drug-likeness (QED) is 0.817. The molecule has 0 fully saturated rings. The van der Waals surface area contributed by atoms with E-state index in [9.17, 15) is 14.4 Å². The first kappa shape index (κ1) is 18.8. The van der Waals surface area contributed by atoms with Gasteiger partial charge in [-0.05, 0) is 49.4 Å². The van der Waals surface area contributed by atoms with Gasteiger partial charge in [0.1, 0.15) is 6.04 Å². The number of fused-ring (bicyclic) bond motifs is 1. The van der Waals surface area contributed by atoms with Crippen LogP contribution >= 0.6 is 0 Å². The summed E-state index contributed by atoms with van der Waals surface area (Å²) in [6, 6.07) is 11.6. The molecule has 2 aromatic rings. The molecule has 1 aliphatic heterocycles. The van der Waals surface area contributed by atoms with Crippen LogP contribution in [-0.4, -0.2) is 28.7 Å². The lowest BCUT2D eigenvalue weighted by molar-refractivity contribution is -0.120. The molecule has 0 aromatic heterocycles. The maximum Gasteiger partial charge on any atom is 0.262 e. The third kappa shape index (κ3) is 3.50. The number of aryl methyl sites for hydroxylation is 2. The number of para-hydroxylation sites is 1. The van der Waals surface area contributed by atoms with E-state index in [1.807, 2.05) is 45.9 Å². The number of hydrogen-bond acceptors (Lipinski definition) is 3. The molecule has 0 bridgehead atoms. The van der Waals surface area contributed by atoms with Gasteiger partial charge in [-0.15, -0.1) is 0 Å². The van der Waals surface area contributed by atoms with Crippen LogP contribution in [0.5, 0.6) is 0 Å². The normalized spacial score (nSPS) is 14.5. The Morgan fingerprint density at radius 2 is 1.44 bits per heavy atom. The fourth-order valence-electron chi connectivity index (χ4n) is 3.49. The number of carbonyl (C=O) groups excluding carboxylic acids is 3. The summed E-state index contributed by atoms with van der Waals surface area (Å²) in [7, 11) is 0. The molecule has 140 valence electrons. The lowest BCUT2D eigenvalue weighted by atomic mass is 10.0. The van der Waals surface area contributed by atoms with Crippen molar-refractivity contribution in [3.05, 3.63) is 64.7 Å². The number of carbonyl (C=O) groups is 3. The van der Waals surface area contributed by atoms with E-state index in [1.54, 1.807) is 24.3 Å². The molecule has 1 N–H and O–H groups in total. The average molecular weight is 364 g/mol. The van der Waals surface area contributed by atoms with Crippen molar-refractivity contribution in [3.63, 3.8) is 0 Å².